The van der Waals surface area contributed by atoms with Crippen LogP contribution in [-0.4, -0.2) is 16.2 Å². The number of aryl methyl sites for hydroxylation is 2. The number of carbonyl (C=O) groups is 1. The number of rotatable bonds is 0. The Morgan fingerprint density at radius 1 is 1.55 bits per heavy atom. The molecule has 0 spiro atoms. The van der Waals surface area contributed by atoms with E-state index in [0.717, 1.165) is 11.4 Å². The largest absolute Gasteiger partial charge is 0.352 e. The Morgan fingerprint density at radius 3 is 2.09 bits per heavy atom. The highest BCUT2D eigenvalue weighted by molar-refractivity contribution is 5.69. The molecular weight excluding hydrogens is 144 g/mol. The molecule has 0 bridgehead atoms. The fourth-order valence-corrected chi connectivity index (χ4v) is 0.554. The number of nitrogens with two attached hydrogens (primary N) is 2. The van der Waals surface area contributed by atoms with Gasteiger partial charge in [-0.25, -0.2) is 4.79 Å². The van der Waals surface area contributed by atoms with Gasteiger partial charge in [-0.05, 0) is 19.9 Å². The average Bonchev–Trinajstić information content (AvgIpc) is 2.13. The highest BCUT2D eigenvalue weighted by Crippen LogP contribution is 1.92. The Morgan fingerprint density at radius 2 is 2.00 bits per heavy atom. The number of nitrogens with one attached hydrogen (secondary N) is 1. The van der Waals surface area contributed by atoms with Crippen molar-refractivity contribution < 1.29 is 4.79 Å². The number of hydrogen-bond donors (Lipinski definition) is 3. The molecule has 1 heterocycles. The van der Waals surface area contributed by atoms with E-state index in [4.69, 9.17) is 4.79 Å². The summed E-state index contributed by atoms with van der Waals surface area (Å²) in [5, 5.41) is 6.71. The number of H-pyrrole nitrogens is 1. The van der Waals surface area contributed by atoms with Crippen molar-refractivity contribution in [1.29, 1.82) is 0 Å². The standard InChI is InChI=1S/C5H8N2.CH4N2O/c1-4-3-5(2)7-6-4;2-1(3)4/h3H,1-2H3,(H,6,7);(H4,2,3,4). The number of primary amides is 2. The highest BCUT2D eigenvalue weighted by Gasteiger charge is 1.84. The van der Waals surface area contributed by atoms with E-state index in [1.165, 1.54) is 0 Å². The first-order valence-electron chi connectivity index (χ1n) is 3.06. The van der Waals surface area contributed by atoms with Crippen LogP contribution in [0.25, 0.3) is 0 Å². The van der Waals surface area contributed by atoms with Gasteiger partial charge in [-0.15, -0.1) is 0 Å². The lowest BCUT2D eigenvalue weighted by atomic mass is 10.4. The number of urea groups is 1. The normalized spacial score (nSPS) is 8.18. The molecule has 62 valence electrons. The van der Waals surface area contributed by atoms with Gasteiger partial charge < -0.3 is 11.5 Å². The summed E-state index contributed by atoms with van der Waals surface area (Å²) in [6.45, 7) is 3.95. The lowest BCUT2D eigenvalue weighted by Gasteiger charge is -1.68. The van der Waals surface area contributed by atoms with Crippen LogP contribution in [0.1, 0.15) is 11.4 Å². The second-order valence-electron chi connectivity index (χ2n) is 2.09. The Bertz CT molecular complexity index is 210. The van der Waals surface area contributed by atoms with Crippen LogP contribution in [0.3, 0.4) is 0 Å². The molecule has 1 rings (SSSR count). The summed E-state index contributed by atoms with van der Waals surface area (Å²) in [7, 11) is 0. The predicted molar refractivity (Wildman–Crippen MR) is 41.8 cm³/mol. The summed E-state index contributed by atoms with van der Waals surface area (Å²) >= 11 is 0. The minimum Gasteiger partial charge on any atom is -0.352 e. The summed E-state index contributed by atoms with van der Waals surface area (Å²) in [5.41, 5.74) is 10.7. The molecular formula is C6H12N4O. The summed E-state index contributed by atoms with van der Waals surface area (Å²) in [5.74, 6) is 0. The molecule has 0 saturated heterocycles. The number of hydrogen-bond acceptors (Lipinski definition) is 2. The third kappa shape index (κ3) is 6.36. The van der Waals surface area contributed by atoms with Crippen molar-refractivity contribution in [1.82, 2.24) is 10.2 Å². The molecule has 2 amide bonds. The van der Waals surface area contributed by atoms with E-state index in [1.807, 2.05) is 19.9 Å². The highest BCUT2D eigenvalue weighted by atomic mass is 16.2. The summed E-state index contributed by atoms with van der Waals surface area (Å²) in [4.78, 5) is 9.00. The average molecular weight is 156 g/mol. The van der Waals surface area contributed by atoms with Crippen molar-refractivity contribution in [3.63, 3.8) is 0 Å². The van der Waals surface area contributed by atoms with Crippen LogP contribution in [0.5, 0.6) is 0 Å². The topological polar surface area (TPSA) is 97.8 Å². The van der Waals surface area contributed by atoms with Gasteiger partial charge in [-0.2, -0.15) is 5.10 Å². The molecule has 0 aliphatic carbocycles. The summed E-state index contributed by atoms with van der Waals surface area (Å²) in [6.07, 6.45) is 0. The lowest BCUT2D eigenvalue weighted by molar-refractivity contribution is 0.256. The molecule has 11 heavy (non-hydrogen) atoms. The molecule has 1 aromatic rings. The molecule has 0 radical (unpaired) electrons. The van der Waals surface area contributed by atoms with Crippen molar-refractivity contribution in [3.05, 3.63) is 17.5 Å². The molecule has 0 aromatic carbocycles. The SMILES string of the molecule is Cc1cc(C)[nH]n1.NC(N)=O. The first-order chi connectivity index (χ1) is 5.02. The second-order valence-corrected chi connectivity index (χ2v) is 2.09. The third-order valence-electron chi connectivity index (χ3n) is 0.834. The number of aromatic amines is 1. The maximum Gasteiger partial charge on any atom is 0.309 e. The van der Waals surface area contributed by atoms with Gasteiger partial charge in [0.2, 0.25) is 0 Å². The maximum absolute atomic E-state index is 9.00. The molecule has 5 N–H and O–H groups in total. The predicted octanol–water partition coefficient (Wildman–Crippen LogP) is 0.0503. The quantitative estimate of drug-likeness (QED) is 0.494. The van der Waals surface area contributed by atoms with Gasteiger partial charge in [0.1, 0.15) is 0 Å². The monoisotopic (exact) mass is 156 g/mol. The fourth-order valence-electron chi connectivity index (χ4n) is 0.554. The van der Waals surface area contributed by atoms with E-state index in [9.17, 15) is 0 Å². The van der Waals surface area contributed by atoms with E-state index in [1.54, 1.807) is 0 Å². The van der Waals surface area contributed by atoms with Gasteiger partial charge in [-0.1, -0.05) is 0 Å². The number of aromatic nitrogens is 2. The zero-order chi connectivity index (χ0) is 8.85. The molecule has 1 aromatic heterocycles. The Balaban J connectivity index is 0.000000218. The van der Waals surface area contributed by atoms with E-state index in [0.29, 0.717) is 0 Å². The molecule has 0 saturated carbocycles. The van der Waals surface area contributed by atoms with Gasteiger partial charge in [0.25, 0.3) is 0 Å². The van der Waals surface area contributed by atoms with Gasteiger partial charge >= 0.3 is 6.03 Å². The van der Waals surface area contributed by atoms with Gasteiger partial charge in [-0.3, -0.25) is 5.10 Å². The van der Waals surface area contributed by atoms with Gasteiger partial charge in [0, 0.05) is 5.69 Å². The van der Waals surface area contributed by atoms with Crippen LogP contribution in [0.2, 0.25) is 0 Å². The van der Waals surface area contributed by atoms with Crippen molar-refractivity contribution in [2.45, 2.75) is 13.8 Å². The van der Waals surface area contributed by atoms with E-state index < -0.39 is 6.03 Å². The molecule has 0 atom stereocenters. The van der Waals surface area contributed by atoms with E-state index in [-0.39, 0.29) is 0 Å². The molecule has 0 aliphatic heterocycles. The number of amides is 2. The summed E-state index contributed by atoms with van der Waals surface area (Å²) in [6, 6.07) is 1.17. The van der Waals surface area contributed by atoms with Crippen molar-refractivity contribution in [2.24, 2.45) is 11.5 Å². The Kier molecular flexibility index (Phi) is 3.72. The van der Waals surface area contributed by atoms with Gasteiger partial charge in [0.15, 0.2) is 0 Å². The minimum absolute atomic E-state index is 0.833. The van der Waals surface area contributed by atoms with E-state index in [2.05, 4.69) is 21.7 Å². The Labute approximate surface area is 64.8 Å². The van der Waals surface area contributed by atoms with Crippen molar-refractivity contribution >= 4 is 6.03 Å². The molecule has 5 nitrogen and oxygen atoms in total. The van der Waals surface area contributed by atoms with Crippen molar-refractivity contribution in [3.8, 4) is 0 Å². The molecule has 0 fully saturated rings. The third-order valence-corrected chi connectivity index (χ3v) is 0.834. The van der Waals surface area contributed by atoms with Crippen LogP contribution in [-0.2, 0) is 0 Å². The molecule has 0 aliphatic rings. The first-order valence-corrected chi connectivity index (χ1v) is 3.06. The fraction of sp³-hybridized carbons (Fsp3) is 0.333. The lowest BCUT2D eigenvalue weighted by Crippen LogP contribution is -2.18. The molecule has 0 unspecified atom stereocenters. The van der Waals surface area contributed by atoms with Crippen molar-refractivity contribution in [2.75, 3.05) is 0 Å². The first kappa shape index (κ1) is 9.48. The summed E-state index contributed by atoms with van der Waals surface area (Å²) < 4.78 is 0. The molecule has 5 heteroatoms. The van der Waals surface area contributed by atoms with Gasteiger partial charge in [0.05, 0.1) is 5.69 Å². The van der Waals surface area contributed by atoms with Crippen LogP contribution < -0.4 is 11.5 Å². The zero-order valence-electron chi connectivity index (χ0n) is 6.59. The number of carbonyl (C=O) groups excluding carboxylic acids is 1. The van der Waals surface area contributed by atoms with Crippen LogP contribution in [0.4, 0.5) is 4.79 Å². The maximum atomic E-state index is 9.00. The van der Waals surface area contributed by atoms with Crippen LogP contribution >= 0.6 is 0 Å². The number of nitrogens with zero attached hydrogens (tertiary/aromatic N) is 1. The van der Waals surface area contributed by atoms with Crippen LogP contribution in [0, 0.1) is 13.8 Å². The smallest absolute Gasteiger partial charge is 0.309 e. The minimum atomic E-state index is -0.833. The second kappa shape index (κ2) is 4.32. The van der Waals surface area contributed by atoms with E-state index >= 15 is 0 Å². The Hall–Kier alpha value is -1.52. The zero-order valence-corrected chi connectivity index (χ0v) is 6.59. The van der Waals surface area contributed by atoms with Crippen LogP contribution in [0.15, 0.2) is 6.07 Å².